The average Bonchev–Trinajstić information content (AvgIpc) is 3.20. The van der Waals surface area contributed by atoms with Crippen LogP contribution >= 0.6 is 0 Å². The van der Waals surface area contributed by atoms with Crippen molar-refractivity contribution in [3.05, 3.63) is 47.9 Å². The highest BCUT2D eigenvalue weighted by Gasteiger charge is 2.22. The molecule has 1 aliphatic rings. The first kappa shape index (κ1) is 18.5. The molecule has 1 aliphatic heterocycles. The first-order valence-electron chi connectivity index (χ1n) is 9.24. The lowest BCUT2D eigenvalue weighted by molar-refractivity contribution is -0.132. The molecule has 6 heteroatoms. The van der Waals surface area contributed by atoms with Crippen molar-refractivity contribution in [2.45, 2.75) is 26.3 Å². The van der Waals surface area contributed by atoms with Gasteiger partial charge in [-0.1, -0.05) is 17.3 Å². The lowest BCUT2D eigenvalue weighted by Crippen LogP contribution is -2.47. The summed E-state index contributed by atoms with van der Waals surface area (Å²) in [5, 5.41) is 3.93. The standard InChI is InChI=1S/C20H28N4O2/c1-16-5-4-6-18(15-16)24-12-10-23(11-13-24)9-7-20(25)22(3)17(2)19-8-14-26-21-19/h4-6,8,14-15,17H,7,9-13H2,1-3H3. The number of aromatic nitrogens is 1. The molecule has 0 N–H and O–H groups in total. The van der Waals surface area contributed by atoms with E-state index in [0.29, 0.717) is 6.42 Å². The highest BCUT2D eigenvalue weighted by Crippen LogP contribution is 2.19. The third kappa shape index (κ3) is 4.43. The summed E-state index contributed by atoms with van der Waals surface area (Å²) in [4.78, 5) is 19.0. The van der Waals surface area contributed by atoms with Crippen LogP contribution in [-0.2, 0) is 4.79 Å². The third-order valence-corrected chi connectivity index (χ3v) is 5.24. The van der Waals surface area contributed by atoms with Gasteiger partial charge in [0.15, 0.2) is 0 Å². The van der Waals surface area contributed by atoms with Crippen LogP contribution in [0.15, 0.2) is 41.1 Å². The van der Waals surface area contributed by atoms with Gasteiger partial charge in [0, 0.05) is 57.9 Å². The number of nitrogens with zero attached hydrogens (tertiary/aromatic N) is 4. The van der Waals surface area contributed by atoms with Crippen molar-refractivity contribution in [1.29, 1.82) is 0 Å². The fourth-order valence-corrected chi connectivity index (χ4v) is 3.34. The van der Waals surface area contributed by atoms with E-state index in [2.05, 4.69) is 46.1 Å². The number of hydrogen-bond acceptors (Lipinski definition) is 5. The molecule has 1 aromatic heterocycles. The molecular weight excluding hydrogens is 328 g/mol. The third-order valence-electron chi connectivity index (χ3n) is 5.24. The van der Waals surface area contributed by atoms with Crippen LogP contribution < -0.4 is 4.90 Å². The second-order valence-electron chi connectivity index (χ2n) is 7.02. The van der Waals surface area contributed by atoms with E-state index in [1.807, 2.05) is 14.0 Å². The van der Waals surface area contributed by atoms with Crippen LogP contribution in [-0.4, -0.2) is 60.6 Å². The van der Waals surface area contributed by atoms with Gasteiger partial charge < -0.3 is 14.3 Å². The zero-order valence-corrected chi connectivity index (χ0v) is 15.9. The van der Waals surface area contributed by atoms with Crippen LogP contribution in [0.1, 0.15) is 30.6 Å². The molecule has 0 radical (unpaired) electrons. The number of amides is 1. The Labute approximate surface area is 155 Å². The summed E-state index contributed by atoms with van der Waals surface area (Å²) in [6, 6.07) is 10.4. The van der Waals surface area contributed by atoms with Crippen molar-refractivity contribution in [3.63, 3.8) is 0 Å². The van der Waals surface area contributed by atoms with Crippen LogP contribution in [0.25, 0.3) is 0 Å². The van der Waals surface area contributed by atoms with Crippen LogP contribution in [0, 0.1) is 6.92 Å². The summed E-state index contributed by atoms with van der Waals surface area (Å²) < 4.78 is 4.87. The second-order valence-corrected chi connectivity index (χ2v) is 7.02. The molecule has 3 rings (SSSR count). The molecule has 1 atom stereocenters. The molecule has 1 unspecified atom stereocenters. The molecular formula is C20H28N4O2. The van der Waals surface area contributed by atoms with E-state index in [0.717, 1.165) is 38.4 Å². The normalized spacial score (nSPS) is 16.5. The molecule has 140 valence electrons. The Morgan fingerprint density at radius 1 is 1.27 bits per heavy atom. The summed E-state index contributed by atoms with van der Waals surface area (Å²) in [6.45, 7) is 8.88. The number of aryl methyl sites for hydroxylation is 1. The minimum Gasteiger partial charge on any atom is -0.369 e. The Morgan fingerprint density at radius 2 is 2.04 bits per heavy atom. The molecule has 0 spiro atoms. The van der Waals surface area contributed by atoms with Gasteiger partial charge in [0.05, 0.1) is 6.04 Å². The van der Waals surface area contributed by atoms with Crippen molar-refractivity contribution in [2.24, 2.45) is 0 Å². The highest BCUT2D eigenvalue weighted by atomic mass is 16.5. The summed E-state index contributed by atoms with van der Waals surface area (Å²) in [5.74, 6) is 0.140. The molecule has 2 aromatic rings. The quantitative estimate of drug-likeness (QED) is 0.797. The molecule has 0 saturated carbocycles. The summed E-state index contributed by atoms with van der Waals surface area (Å²) in [6.07, 6.45) is 2.07. The molecule has 1 saturated heterocycles. The van der Waals surface area contributed by atoms with Crippen molar-refractivity contribution in [3.8, 4) is 0 Å². The molecule has 0 bridgehead atoms. The van der Waals surface area contributed by atoms with Gasteiger partial charge in [-0.2, -0.15) is 0 Å². The van der Waals surface area contributed by atoms with Gasteiger partial charge in [0.1, 0.15) is 12.0 Å². The summed E-state index contributed by atoms with van der Waals surface area (Å²) in [7, 11) is 1.83. The lowest BCUT2D eigenvalue weighted by atomic mass is 10.2. The Hall–Kier alpha value is -2.34. The van der Waals surface area contributed by atoms with Crippen LogP contribution in [0.3, 0.4) is 0 Å². The van der Waals surface area contributed by atoms with Gasteiger partial charge in [0.2, 0.25) is 5.91 Å². The molecule has 6 nitrogen and oxygen atoms in total. The van der Waals surface area contributed by atoms with E-state index in [4.69, 9.17) is 4.52 Å². The van der Waals surface area contributed by atoms with Crippen molar-refractivity contribution in [2.75, 3.05) is 44.7 Å². The lowest BCUT2D eigenvalue weighted by Gasteiger charge is -2.36. The summed E-state index contributed by atoms with van der Waals surface area (Å²) in [5.41, 5.74) is 3.37. The number of rotatable bonds is 6. The van der Waals surface area contributed by atoms with Crippen LogP contribution in [0.2, 0.25) is 0 Å². The molecule has 1 fully saturated rings. The maximum absolute atomic E-state index is 12.5. The number of carbonyl (C=O) groups is 1. The number of carbonyl (C=O) groups excluding carboxylic acids is 1. The minimum absolute atomic E-state index is 0.0700. The Bertz CT molecular complexity index is 708. The van der Waals surface area contributed by atoms with Gasteiger partial charge in [0.25, 0.3) is 0 Å². The number of benzene rings is 1. The van der Waals surface area contributed by atoms with Gasteiger partial charge in [-0.25, -0.2) is 0 Å². The summed E-state index contributed by atoms with van der Waals surface area (Å²) >= 11 is 0. The first-order valence-corrected chi connectivity index (χ1v) is 9.24. The predicted molar refractivity (Wildman–Crippen MR) is 102 cm³/mol. The second kappa shape index (κ2) is 8.36. The van der Waals surface area contributed by atoms with E-state index in [-0.39, 0.29) is 11.9 Å². The maximum atomic E-state index is 12.5. The first-order chi connectivity index (χ1) is 12.5. The number of anilines is 1. The van der Waals surface area contributed by atoms with Crippen LogP contribution in [0.5, 0.6) is 0 Å². The maximum Gasteiger partial charge on any atom is 0.224 e. The minimum atomic E-state index is -0.0700. The zero-order valence-electron chi connectivity index (χ0n) is 15.9. The Morgan fingerprint density at radius 3 is 2.69 bits per heavy atom. The molecule has 2 heterocycles. The topological polar surface area (TPSA) is 52.8 Å². The SMILES string of the molecule is Cc1cccc(N2CCN(CCC(=O)N(C)C(C)c3ccon3)CC2)c1. The van der Waals surface area contributed by atoms with Gasteiger partial charge in [-0.3, -0.25) is 9.69 Å². The van der Waals surface area contributed by atoms with Crippen molar-refractivity contribution in [1.82, 2.24) is 15.0 Å². The number of piperazine rings is 1. The van der Waals surface area contributed by atoms with E-state index >= 15 is 0 Å². The average molecular weight is 356 g/mol. The Kier molecular flexibility index (Phi) is 5.93. The van der Waals surface area contributed by atoms with E-state index in [1.165, 1.54) is 17.5 Å². The van der Waals surface area contributed by atoms with E-state index in [1.54, 1.807) is 11.0 Å². The monoisotopic (exact) mass is 356 g/mol. The molecule has 26 heavy (non-hydrogen) atoms. The van der Waals surface area contributed by atoms with E-state index < -0.39 is 0 Å². The Balaban J connectivity index is 1.44. The fourth-order valence-electron chi connectivity index (χ4n) is 3.34. The molecule has 1 aromatic carbocycles. The number of hydrogen-bond donors (Lipinski definition) is 0. The van der Waals surface area contributed by atoms with Gasteiger partial charge in [-0.05, 0) is 31.5 Å². The van der Waals surface area contributed by atoms with E-state index in [9.17, 15) is 4.79 Å². The predicted octanol–water partition coefficient (Wildman–Crippen LogP) is 2.71. The van der Waals surface area contributed by atoms with Gasteiger partial charge in [-0.15, -0.1) is 0 Å². The zero-order chi connectivity index (χ0) is 18.5. The van der Waals surface area contributed by atoms with Crippen molar-refractivity contribution >= 4 is 11.6 Å². The van der Waals surface area contributed by atoms with Crippen molar-refractivity contribution < 1.29 is 9.32 Å². The highest BCUT2D eigenvalue weighted by molar-refractivity contribution is 5.76. The van der Waals surface area contributed by atoms with Gasteiger partial charge >= 0.3 is 0 Å². The van der Waals surface area contributed by atoms with Crippen LogP contribution in [0.4, 0.5) is 5.69 Å². The fraction of sp³-hybridized carbons (Fsp3) is 0.500. The molecule has 1 amide bonds. The smallest absolute Gasteiger partial charge is 0.224 e. The molecule has 0 aliphatic carbocycles. The largest absolute Gasteiger partial charge is 0.369 e.